The van der Waals surface area contributed by atoms with Crippen molar-refractivity contribution in [2.24, 2.45) is 5.92 Å². The number of anilines is 2. The van der Waals surface area contributed by atoms with Gasteiger partial charge in [0.05, 0.1) is 30.2 Å². The second kappa shape index (κ2) is 9.78. The first-order chi connectivity index (χ1) is 17.3. The zero-order chi connectivity index (χ0) is 25.3. The van der Waals surface area contributed by atoms with Crippen LogP contribution in [0.2, 0.25) is 0 Å². The van der Waals surface area contributed by atoms with Gasteiger partial charge in [-0.1, -0.05) is 30.3 Å². The van der Waals surface area contributed by atoms with Gasteiger partial charge in [0.2, 0.25) is 11.9 Å². The van der Waals surface area contributed by atoms with Crippen LogP contribution in [-0.2, 0) is 15.1 Å². The summed E-state index contributed by atoms with van der Waals surface area (Å²) in [5.74, 6) is 0.294. The fourth-order valence-electron chi connectivity index (χ4n) is 6.03. The molecule has 0 unspecified atom stereocenters. The minimum atomic E-state index is -0.264. The molecule has 1 aromatic carbocycles. The number of aromatic nitrogens is 2. The first-order valence-corrected chi connectivity index (χ1v) is 12.8. The van der Waals surface area contributed by atoms with Gasteiger partial charge in [-0.2, -0.15) is 0 Å². The molecule has 2 aliphatic heterocycles. The van der Waals surface area contributed by atoms with Crippen molar-refractivity contribution in [2.75, 3.05) is 50.7 Å². The van der Waals surface area contributed by atoms with Crippen LogP contribution in [-0.4, -0.2) is 73.2 Å². The Morgan fingerprint density at radius 2 is 1.67 bits per heavy atom. The second-order valence-electron chi connectivity index (χ2n) is 10.6. The Hall–Kier alpha value is -3.04. The van der Waals surface area contributed by atoms with Crippen molar-refractivity contribution in [1.29, 1.82) is 0 Å². The fraction of sp³-hybridized carbons (Fsp3) is 0.556. The molecule has 1 spiro atoms. The minimum absolute atomic E-state index is 0.00826. The molecule has 1 N–H and O–H groups in total. The van der Waals surface area contributed by atoms with E-state index in [1.807, 2.05) is 0 Å². The molecule has 0 atom stereocenters. The van der Waals surface area contributed by atoms with Gasteiger partial charge in [0, 0.05) is 31.7 Å². The molecule has 3 aliphatic rings. The summed E-state index contributed by atoms with van der Waals surface area (Å²) in [6.07, 6.45) is 8.44. The molecule has 9 nitrogen and oxygen atoms in total. The number of nitrogens with zero attached hydrogens (tertiary/aromatic N) is 5. The maximum Gasteiger partial charge on any atom is 0.322 e. The van der Waals surface area contributed by atoms with Crippen LogP contribution in [0.25, 0.3) is 0 Å². The van der Waals surface area contributed by atoms with E-state index in [1.54, 1.807) is 24.3 Å². The molecule has 1 saturated carbocycles. The largest absolute Gasteiger partial charge is 0.381 e. The van der Waals surface area contributed by atoms with Crippen molar-refractivity contribution in [2.45, 2.75) is 49.6 Å². The highest BCUT2D eigenvalue weighted by molar-refractivity contribution is 5.95. The molecule has 192 valence electrons. The standard InChI is InChI=1S/C27H36N6O3/c1-31(2)27(21-7-5-4-6-8-21)13-11-26(12-14-27)19-33(25(35)30-26)22-17-28-24(29-18-22)32(3)23(34)20-9-15-36-16-10-20/h4-8,17-18,20H,9-16,19H2,1-3H3,(H,30,35)/t26-,27-. The van der Waals surface area contributed by atoms with E-state index in [2.05, 4.69) is 64.6 Å². The number of rotatable bonds is 5. The maximum atomic E-state index is 13.0. The van der Waals surface area contributed by atoms with Crippen LogP contribution < -0.4 is 15.1 Å². The highest BCUT2D eigenvalue weighted by Crippen LogP contribution is 2.46. The van der Waals surface area contributed by atoms with Crippen LogP contribution in [0.4, 0.5) is 16.4 Å². The molecular weight excluding hydrogens is 456 g/mol. The van der Waals surface area contributed by atoms with Crippen LogP contribution in [0.3, 0.4) is 0 Å². The number of nitrogens with one attached hydrogen (secondary N) is 1. The zero-order valence-corrected chi connectivity index (χ0v) is 21.4. The van der Waals surface area contributed by atoms with E-state index in [0.717, 1.165) is 38.5 Å². The number of hydrogen-bond acceptors (Lipinski definition) is 6. The van der Waals surface area contributed by atoms with Crippen molar-refractivity contribution in [3.8, 4) is 0 Å². The number of hydrogen-bond donors (Lipinski definition) is 1. The quantitative estimate of drug-likeness (QED) is 0.690. The topological polar surface area (TPSA) is 90.9 Å². The Balaban J connectivity index is 1.26. The summed E-state index contributed by atoms with van der Waals surface area (Å²) in [5.41, 5.74) is 1.68. The van der Waals surface area contributed by atoms with Crippen LogP contribution in [0, 0.1) is 5.92 Å². The van der Waals surface area contributed by atoms with Gasteiger partial charge in [-0.25, -0.2) is 14.8 Å². The van der Waals surface area contributed by atoms with Gasteiger partial charge in [-0.05, 0) is 58.2 Å². The summed E-state index contributed by atoms with van der Waals surface area (Å²) in [5, 5.41) is 3.28. The molecule has 3 fully saturated rings. The smallest absolute Gasteiger partial charge is 0.322 e. The third-order valence-corrected chi connectivity index (χ3v) is 8.42. The average Bonchev–Trinajstić information content (AvgIpc) is 3.24. The molecular formula is C27H36N6O3. The van der Waals surface area contributed by atoms with Crippen molar-refractivity contribution in [3.05, 3.63) is 48.3 Å². The van der Waals surface area contributed by atoms with Gasteiger partial charge in [0.1, 0.15) is 0 Å². The average molecular weight is 493 g/mol. The Bertz CT molecular complexity index is 1080. The Kier molecular flexibility index (Phi) is 6.70. The first-order valence-electron chi connectivity index (χ1n) is 12.8. The Morgan fingerprint density at radius 1 is 1.03 bits per heavy atom. The van der Waals surface area contributed by atoms with Gasteiger partial charge in [0.15, 0.2) is 0 Å². The first kappa shape index (κ1) is 24.6. The molecule has 0 radical (unpaired) electrons. The summed E-state index contributed by atoms with van der Waals surface area (Å²) >= 11 is 0. The van der Waals surface area contributed by atoms with Crippen LogP contribution >= 0.6 is 0 Å². The van der Waals surface area contributed by atoms with E-state index < -0.39 is 0 Å². The van der Waals surface area contributed by atoms with Gasteiger partial charge >= 0.3 is 6.03 Å². The molecule has 0 bridgehead atoms. The lowest BCUT2D eigenvalue weighted by Gasteiger charge is -2.48. The summed E-state index contributed by atoms with van der Waals surface area (Å²) < 4.78 is 5.36. The van der Waals surface area contributed by atoms with E-state index in [1.165, 1.54) is 10.5 Å². The van der Waals surface area contributed by atoms with Crippen LogP contribution in [0.15, 0.2) is 42.7 Å². The molecule has 5 rings (SSSR count). The Morgan fingerprint density at radius 3 is 2.28 bits per heavy atom. The number of carbonyl (C=O) groups excluding carboxylic acids is 2. The molecule has 36 heavy (non-hydrogen) atoms. The lowest BCUT2D eigenvalue weighted by molar-refractivity contribution is -0.124. The third-order valence-electron chi connectivity index (χ3n) is 8.42. The number of urea groups is 1. The predicted octanol–water partition coefficient (Wildman–Crippen LogP) is 3.17. The van der Waals surface area contributed by atoms with E-state index in [9.17, 15) is 9.59 Å². The summed E-state index contributed by atoms with van der Waals surface area (Å²) in [6, 6.07) is 10.6. The van der Waals surface area contributed by atoms with Gasteiger partial charge < -0.3 is 10.1 Å². The highest BCUT2D eigenvalue weighted by atomic mass is 16.5. The summed E-state index contributed by atoms with van der Waals surface area (Å²) in [7, 11) is 6.00. The van der Waals surface area contributed by atoms with Gasteiger partial charge in [0.25, 0.3) is 0 Å². The number of benzene rings is 1. The van der Waals surface area contributed by atoms with E-state index >= 15 is 0 Å². The van der Waals surface area contributed by atoms with Crippen molar-refractivity contribution < 1.29 is 14.3 Å². The van der Waals surface area contributed by atoms with Gasteiger partial charge in [-0.15, -0.1) is 0 Å². The number of ether oxygens (including phenoxy) is 1. The zero-order valence-electron chi connectivity index (χ0n) is 21.4. The van der Waals surface area contributed by atoms with Crippen molar-refractivity contribution in [1.82, 2.24) is 20.2 Å². The van der Waals surface area contributed by atoms with Crippen LogP contribution in [0.5, 0.6) is 0 Å². The molecule has 9 heteroatoms. The fourth-order valence-corrected chi connectivity index (χ4v) is 6.03. The Labute approximate surface area is 212 Å². The molecule has 2 aromatic rings. The second-order valence-corrected chi connectivity index (χ2v) is 10.6. The van der Waals surface area contributed by atoms with Crippen LogP contribution in [0.1, 0.15) is 44.1 Å². The SMILES string of the molecule is CN(C(=O)C1CCOCC1)c1ncc(N2C[C@]3(CC[C@@](c4ccccc4)(N(C)C)CC3)NC2=O)cn1. The molecule has 3 amide bonds. The predicted molar refractivity (Wildman–Crippen MR) is 138 cm³/mol. The van der Waals surface area contributed by atoms with Crippen molar-refractivity contribution in [3.63, 3.8) is 0 Å². The maximum absolute atomic E-state index is 13.0. The number of carbonyl (C=O) groups is 2. The molecule has 2 saturated heterocycles. The molecule has 1 aliphatic carbocycles. The highest BCUT2D eigenvalue weighted by Gasteiger charge is 2.50. The summed E-state index contributed by atoms with van der Waals surface area (Å²) in [4.78, 5) is 40.3. The van der Waals surface area contributed by atoms with E-state index in [0.29, 0.717) is 31.4 Å². The van der Waals surface area contributed by atoms with Gasteiger partial charge in [-0.3, -0.25) is 19.5 Å². The normalized spacial score (nSPS) is 26.9. The van der Waals surface area contributed by atoms with Crippen molar-refractivity contribution >= 4 is 23.6 Å². The van der Waals surface area contributed by atoms with E-state index in [-0.39, 0.29) is 28.9 Å². The number of amides is 3. The minimum Gasteiger partial charge on any atom is -0.381 e. The van der Waals surface area contributed by atoms with E-state index in [4.69, 9.17) is 4.74 Å². The monoisotopic (exact) mass is 492 g/mol. The summed E-state index contributed by atoms with van der Waals surface area (Å²) in [6.45, 7) is 1.80. The lowest BCUT2D eigenvalue weighted by atomic mass is 9.69. The molecule has 3 heterocycles. The molecule has 1 aromatic heterocycles. The third kappa shape index (κ3) is 4.46. The lowest BCUT2D eigenvalue weighted by Crippen LogP contribution is -2.54.